The Morgan fingerprint density at radius 3 is 2.42 bits per heavy atom. The topological polar surface area (TPSA) is 73.4 Å². The lowest BCUT2D eigenvalue weighted by Crippen LogP contribution is -2.38. The number of nitrogens with one attached hydrogen (secondary N) is 2. The summed E-state index contributed by atoms with van der Waals surface area (Å²) in [6, 6.07) is 1.30. The molecule has 2 saturated heterocycles. The van der Waals surface area contributed by atoms with E-state index in [1.54, 1.807) is 4.90 Å². The number of alkyl halides is 3. The molecule has 0 bridgehead atoms. The van der Waals surface area contributed by atoms with Gasteiger partial charge in [0, 0.05) is 50.6 Å². The first-order valence-corrected chi connectivity index (χ1v) is 11.0. The van der Waals surface area contributed by atoms with E-state index >= 15 is 0 Å². The van der Waals surface area contributed by atoms with Crippen molar-refractivity contribution in [3.8, 4) is 0 Å². The van der Waals surface area contributed by atoms with E-state index in [2.05, 4.69) is 27.5 Å². The number of carbonyl (C=O) groups is 1. The van der Waals surface area contributed by atoms with E-state index in [0.717, 1.165) is 50.7 Å². The fraction of sp³-hybridized carbons (Fsp3) is 0.500. The fourth-order valence-electron chi connectivity index (χ4n) is 4.02. The highest BCUT2D eigenvalue weighted by molar-refractivity contribution is 5.89. The second-order valence-electron chi connectivity index (χ2n) is 8.51. The Morgan fingerprint density at radius 1 is 1.12 bits per heavy atom. The maximum absolute atomic E-state index is 14.3. The number of anilines is 3. The van der Waals surface area contributed by atoms with Gasteiger partial charge in [-0.15, -0.1) is 0 Å². The predicted molar refractivity (Wildman–Crippen MR) is 117 cm³/mol. The van der Waals surface area contributed by atoms with Crippen LogP contribution in [-0.4, -0.2) is 42.2 Å². The molecule has 2 aromatic rings. The van der Waals surface area contributed by atoms with Crippen molar-refractivity contribution in [2.45, 2.75) is 38.9 Å². The van der Waals surface area contributed by atoms with Gasteiger partial charge in [0.15, 0.2) is 11.6 Å². The summed E-state index contributed by atoms with van der Waals surface area (Å²) in [7, 11) is 0. The van der Waals surface area contributed by atoms with Crippen molar-refractivity contribution in [1.82, 2.24) is 15.3 Å². The third-order valence-electron chi connectivity index (χ3n) is 6.08. The molecule has 0 aromatic carbocycles. The molecule has 7 nitrogen and oxygen atoms in total. The van der Waals surface area contributed by atoms with Crippen LogP contribution in [0, 0.1) is 11.7 Å². The second kappa shape index (κ2) is 9.40. The lowest BCUT2D eigenvalue weighted by atomic mass is 9.98. The molecule has 0 atom stereocenters. The number of halogens is 4. The molecule has 0 aliphatic carbocycles. The van der Waals surface area contributed by atoms with E-state index in [4.69, 9.17) is 0 Å². The van der Waals surface area contributed by atoms with Gasteiger partial charge < -0.3 is 20.4 Å². The third kappa shape index (κ3) is 5.28. The Kier molecular flexibility index (Phi) is 6.57. The van der Waals surface area contributed by atoms with Crippen LogP contribution in [-0.2, 0) is 12.7 Å². The monoisotopic (exact) mass is 466 g/mol. The van der Waals surface area contributed by atoms with Gasteiger partial charge in [-0.05, 0) is 31.2 Å². The van der Waals surface area contributed by atoms with Crippen LogP contribution in [0.3, 0.4) is 0 Å². The zero-order chi connectivity index (χ0) is 23.6. The number of urea groups is 1. The Hall–Kier alpha value is -3.11. The average Bonchev–Trinajstić information content (AvgIpc) is 2.72. The van der Waals surface area contributed by atoms with Gasteiger partial charge in [-0.2, -0.15) is 13.2 Å². The minimum absolute atomic E-state index is 0.0906. The summed E-state index contributed by atoms with van der Waals surface area (Å²) in [5.41, 5.74) is -0.813. The first kappa shape index (κ1) is 23.1. The Bertz CT molecular complexity index is 1000. The summed E-state index contributed by atoms with van der Waals surface area (Å²) in [4.78, 5) is 24.2. The minimum Gasteiger partial charge on any atom is -0.356 e. The van der Waals surface area contributed by atoms with E-state index in [1.807, 2.05) is 4.90 Å². The van der Waals surface area contributed by atoms with Gasteiger partial charge in [-0.25, -0.2) is 19.2 Å². The van der Waals surface area contributed by atoms with Crippen molar-refractivity contribution in [2.75, 3.05) is 41.3 Å². The second-order valence-corrected chi connectivity index (χ2v) is 8.51. The van der Waals surface area contributed by atoms with Crippen LogP contribution < -0.4 is 20.4 Å². The lowest BCUT2D eigenvalue weighted by molar-refractivity contribution is -0.138. The first-order chi connectivity index (χ1) is 15.7. The molecule has 2 aliphatic rings. The lowest BCUT2D eigenvalue weighted by Gasteiger charge is -2.33. The molecular formula is C22H26F4N6O. The zero-order valence-corrected chi connectivity index (χ0v) is 18.3. The Labute approximate surface area is 189 Å². The highest BCUT2D eigenvalue weighted by Gasteiger charge is 2.36. The molecule has 178 valence electrons. The zero-order valence-electron chi connectivity index (χ0n) is 18.3. The smallest absolute Gasteiger partial charge is 0.356 e. The molecule has 0 radical (unpaired) electrons. The molecule has 4 rings (SSSR count). The fourth-order valence-corrected chi connectivity index (χ4v) is 4.02. The third-order valence-corrected chi connectivity index (χ3v) is 6.08. The van der Waals surface area contributed by atoms with Crippen LogP contribution in [0.2, 0.25) is 0 Å². The summed E-state index contributed by atoms with van der Waals surface area (Å²) in [6.45, 7) is 4.38. The molecule has 2 aromatic heterocycles. The number of pyridine rings is 2. The number of amides is 2. The maximum Gasteiger partial charge on any atom is 0.416 e. The summed E-state index contributed by atoms with van der Waals surface area (Å²) in [6.07, 6.45) is 0.564. The van der Waals surface area contributed by atoms with E-state index in [-0.39, 0.29) is 29.4 Å². The Morgan fingerprint density at radius 2 is 1.82 bits per heavy atom. The Balaban J connectivity index is 1.47. The SMILES string of the molecule is CC1CCN(c2nccc(C(F)(F)F)c2CNC(=O)Nc2cnc(N3CCC3)c(F)c2)CC1. The molecule has 2 N–H and O–H groups in total. The number of hydrogen-bond donors (Lipinski definition) is 2. The van der Waals surface area contributed by atoms with Gasteiger partial charge in [-0.1, -0.05) is 6.92 Å². The van der Waals surface area contributed by atoms with Crippen LogP contribution in [0.4, 0.5) is 39.7 Å². The quantitative estimate of drug-likeness (QED) is 0.639. The predicted octanol–water partition coefficient (Wildman–Crippen LogP) is 4.40. The molecule has 11 heteroatoms. The van der Waals surface area contributed by atoms with Crippen molar-refractivity contribution >= 4 is 23.4 Å². The van der Waals surface area contributed by atoms with Crippen molar-refractivity contribution in [2.24, 2.45) is 5.92 Å². The number of piperidine rings is 1. The molecule has 2 fully saturated rings. The first-order valence-electron chi connectivity index (χ1n) is 11.0. The molecule has 0 spiro atoms. The normalized spacial score (nSPS) is 17.0. The highest BCUT2D eigenvalue weighted by Crippen LogP contribution is 2.36. The van der Waals surface area contributed by atoms with Gasteiger partial charge in [0.2, 0.25) is 0 Å². The van der Waals surface area contributed by atoms with Gasteiger partial charge in [0.25, 0.3) is 0 Å². The van der Waals surface area contributed by atoms with Crippen molar-refractivity contribution in [1.29, 1.82) is 0 Å². The molecule has 0 saturated carbocycles. The highest BCUT2D eigenvalue weighted by atomic mass is 19.4. The minimum atomic E-state index is -4.59. The summed E-state index contributed by atoms with van der Waals surface area (Å²) in [5.74, 6) is 0.378. The van der Waals surface area contributed by atoms with Gasteiger partial charge >= 0.3 is 12.2 Å². The molecule has 0 unspecified atom stereocenters. The number of rotatable bonds is 5. The summed E-state index contributed by atoms with van der Waals surface area (Å²) < 4.78 is 55.3. The summed E-state index contributed by atoms with van der Waals surface area (Å²) in [5, 5.41) is 4.88. The van der Waals surface area contributed by atoms with E-state index in [0.29, 0.717) is 19.0 Å². The van der Waals surface area contributed by atoms with E-state index in [1.165, 1.54) is 6.20 Å². The van der Waals surface area contributed by atoms with Crippen LogP contribution in [0.15, 0.2) is 24.5 Å². The molecule has 2 amide bonds. The van der Waals surface area contributed by atoms with Crippen LogP contribution in [0.25, 0.3) is 0 Å². The number of aromatic nitrogens is 2. The van der Waals surface area contributed by atoms with Crippen LogP contribution in [0.5, 0.6) is 0 Å². The van der Waals surface area contributed by atoms with Crippen LogP contribution >= 0.6 is 0 Å². The number of carbonyl (C=O) groups excluding carboxylic acids is 1. The summed E-state index contributed by atoms with van der Waals surface area (Å²) >= 11 is 0. The van der Waals surface area contributed by atoms with Gasteiger partial charge in [0.05, 0.1) is 17.4 Å². The molecular weight excluding hydrogens is 440 g/mol. The molecule has 4 heterocycles. The average molecular weight is 466 g/mol. The van der Waals surface area contributed by atoms with Crippen LogP contribution in [0.1, 0.15) is 37.3 Å². The van der Waals surface area contributed by atoms with E-state index < -0.39 is 23.6 Å². The van der Waals surface area contributed by atoms with Crippen molar-refractivity contribution in [3.63, 3.8) is 0 Å². The van der Waals surface area contributed by atoms with Gasteiger partial charge in [-0.3, -0.25) is 0 Å². The van der Waals surface area contributed by atoms with Crippen molar-refractivity contribution < 1.29 is 22.4 Å². The molecule has 33 heavy (non-hydrogen) atoms. The number of hydrogen-bond acceptors (Lipinski definition) is 5. The molecule has 2 aliphatic heterocycles. The van der Waals surface area contributed by atoms with E-state index in [9.17, 15) is 22.4 Å². The van der Waals surface area contributed by atoms with Gasteiger partial charge in [0.1, 0.15) is 5.82 Å². The maximum atomic E-state index is 14.3. The standard InChI is InChI=1S/C22H26F4N6O/c1-14-4-9-32(10-5-14)19-16(17(3-6-27-19)22(24,25)26)13-29-21(33)30-15-11-18(23)20(28-12-15)31-7-2-8-31/h3,6,11-12,14H,2,4-5,7-10,13H2,1H3,(H2,29,30,33). The van der Waals surface area contributed by atoms with Crippen molar-refractivity contribution in [3.05, 3.63) is 41.5 Å². The largest absolute Gasteiger partial charge is 0.416 e. The number of nitrogens with zero attached hydrogens (tertiary/aromatic N) is 4.